The molecule has 1 aliphatic carbocycles. The molecule has 0 aliphatic heterocycles. The number of anilines is 1. The van der Waals surface area contributed by atoms with Gasteiger partial charge in [0.15, 0.2) is 5.78 Å². The number of thiophene rings is 1. The molecule has 0 radical (unpaired) electrons. The van der Waals surface area contributed by atoms with Gasteiger partial charge in [-0.2, -0.15) is 0 Å². The smallest absolute Gasteiger partial charge is 0.196 e. The second-order valence-electron chi connectivity index (χ2n) is 6.61. The molecule has 122 valence electrons. The normalized spacial score (nSPS) is 17.1. The summed E-state index contributed by atoms with van der Waals surface area (Å²) in [4.78, 5) is 14.2. The molecule has 1 aliphatic rings. The zero-order valence-electron chi connectivity index (χ0n) is 13.9. The summed E-state index contributed by atoms with van der Waals surface area (Å²) < 4.78 is 5.63. The lowest BCUT2D eigenvalue weighted by atomic mass is 9.86. The number of nitrogen functional groups attached to an aromatic ring is 1. The van der Waals surface area contributed by atoms with Crippen LogP contribution in [0.5, 0.6) is 5.75 Å². The van der Waals surface area contributed by atoms with E-state index in [9.17, 15) is 4.79 Å². The molecule has 2 aromatic rings. The molecule has 0 bridgehead atoms. The first kappa shape index (κ1) is 16.1. The van der Waals surface area contributed by atoms with Crippen molar-refractivity contribution in [3.63, 3.8) is 0 Å². The van der Waals surface area contributed by atoms with Gasteiger partial charge >= 0.3 is 0 Å². The summed E-state index contributed by atoms with van der Waals surface area (Å²) in [6, 6.07) is 7.36. The van der Waals surface area contributed by atoms with Crippen LogP contribution in [-0.4, -0.2) is 11.9 Å². The van der Waals surface area contributed by atoms with E-state index in [4.69, 9.17) is 10.5 Å². The maximum absolute atomic E-state index is 12.9. The SMILES string of the molecule is CC1CCc2c(sc(N)c2C(=O)c2ccc(OC(C)C)cc2)C1. The van der Waals surface area contributed by atoms with Crippen LogP contribution in [0, 0.1) is 5.92 Å². The number of ether oxygens (including phenoxy) is 1. The molecule has 0 fully saturated rings. The number of carbonyl (C=O) groups is 1. The van der Waals surface area contributed by atoms with Crippen molar-refractivity contribution in [3.05, 3.63) is 45.8 Å². The van der Waals surface area contributed by atoms with E-state index in [-0.39, 0.29) is 11.9 Å². The topological polar surface area (TPSA) is 52.3 Å². The van der Waals surface area contributed by atoms with Crippen LogP contribution in [-0.2, 0) is 12.8 Å². The molecule has 0 saturated carbocycles. The zero-order valence-corrected chi connectivity index (χ0v) is 14.7. The van der Waals surface area contributed by atoms with Crippen LogP contribution in [0.2, 0.25) is 0 Å². The third-order valence-corrected chi connectivity index (χ3v) is 5.34. The molecule has 3 nitrogen and oxygen atoms in total. The summed E-state index contributed by atoms with van der Waals surface area (Å²) in [6.45, 7) is 6.23. The molecule has 1 unspecified atom stereocenters. The fourth-order valence-electron chi connectivity index (χ4n) is 3.12. The van der Waals surface area contributed by atoms with Gasteiger partial charge in [-0.15, -0.1) is 11.3 Å². The number of rotatable bonds is 4. The zero-order chi connectivity index (χ0) is 16.6. The van der Waals surface area contributed by atoms with Crippen LogP contribution in [0.3, 0.4) is 0 Å². The van der Waals surface area contributed by atoms with Gasteiger partial charge in [-0.05, 0) is 68.9 Å². The van der Waals surface area contributed by atoms with Gasteiger partial charge in [-0.1, -0.05) is 6.92 Å². The van der Waals surface area contributed by atoms with E-state index in [1.54, 1.807) is 11.3 Å². The molecule has 0 saturated heterocycles. The first-order valence-electron chi connectivity index (χ1n) is 8.17. The van der Waals surface area contributed by atoms with E-state index in [2.05, 4.69) is 6.92 Å². The minimum atomic E-state index is 0.0330. The van der Waals surface area contributed by atoms with E-state index < -0.39 is 0 Å². The van der Waals surface area contributed by atoms with Gasteiger partial charge < -0.3 is 10.5 Å². The fraction of sp³-hybridized carbons (Fsp3) is 0.421. The first-order valence-corrected chi connectivity index (χ1v) is 8.98. The van der Waals surface area contributed by atoms with Crippen LogP contribution in [0.1, 0.15) is 53.6 Å². The Morgan fingerprint density at radius 1 is 1.30 bits per heavy atom. The monoisotopic (exact) mass is 329 g/mol. The lowest BCUT2D eigenvalue weighted by Crippen LogP contribution is -2.13. The minimum Gasteiger partial charge on any atom is -0.491 e. The number of carbonyl (C=O) groups excluding carboxylic acids is 1. The lowest BCUT2D eigenvalue weighted by Gasteiger charge is -2.18. The summed E-state index contributed by atoms with van der Waals surface area (Å²) in [5, 5.41) is 0.664. The van der Waals surface area contributed by atoms with Gasteiger partial charge in [0, 0.05) is 10.4 Å². The fourth-order valence-corrected chi connectivity index (χ4v) is 4.40. The summed E-state index contributed by atoms with van der Waals surface area (Å²) in [6.07, 6.45) is 3.25. The third-order valence-electron chi connectivity index (χ3n) is 4.25. The molecular formula is C19H23NO2S. The summed E-state index contributed by atoms with van der Waals surface area (Å²) >= 11 is 1.59. The van der Waals surface area contributed by atoms with Crippen molar-refractivity contribution in [3.8, 4) is 5.75 Å². The van der Waals surface area contributed by atoms with Crippen molar-refractivity contribution in [2.45, 2.75) is 46.1 Å². The van der Waals surface area contributed by atoms with Crippen LogP contribution < -0.4 is 10.5 Å². The van der Waals surface area contributed by atoms with Gasteiger partial charge in [0.05, 0.1) is 16.7 Å². The molecule has 0 amide bonds. The highest BCUT2D eigenvalue weighted by molar-refractivity contribution is 7.16. The second-order valence-corrected chi connectivity index (χ2v) is 7.75. The molecule has 4 heteroatoms. The van der Waals surface area contributed by atoms with Crippen molar-refractivity contribution in [1.29, 1.82) is 0 Å². The Morgan fingerprint density at radius 2 is 2.00 bits per heavy atom. The predicted molar refractivity (Wildman–Crippen MR) is 95.6 cm³/mol. The molecule has 1 aromatic carbocycles. The van der Waals surface area contributed by atoms with Crippen molar-refractivity contribution >= 4 is 22.1 Å². The highest BCUT2D eigenvalue weighted by Gasteiger charge is 2.27. The van der Waals surface area contributed by atoms with E-state index >= 15 is 0 Å². The van der Waals surface area contributed by atoms with Crippen molar-refractivity contribution in [2.24, 2.45) is 5.92 Å². The average Bonchev–Trinajstić information content (AvgIpc) is 2.81. The second kappa shape index (κ2) is 6.36. The standard InChI is InChI=1S/C19H23NO2S/c1-11(2)22-14-7-5-13(6-8-14)18(21)17-15-9-4-12(3)10-16(15)23-19(17)20/h5-8,11-12H,4,9-10,20H2,1-3H3. The van der Waals surface area contributed by atoms with E-state index in [1.165, 1.54) is 10.4 Å². The number of ketones is 1. The Balaban J connectivity index is 1.89. The van der Waals surface area contributed by atoms with Gasteiger partial charge in [0.25, 0.3) is 0 Å². The third kappa shape index (κ3) is 3.27. The lowest BCUT2D eigenvalue weighted by molar-refractivity contribution is 0.103. The van der Waals surface area contributed by atoms with Crippen LogP contribution in [0.15, 0.2) is 24.3 Å². The Kier molecular flexibility index (Phi) is 4.44. The Morgan fingerprint density at radius 3 is 2.65 bits per heavy atom. The first-order chi connectivity index (χ1) is 11.0. The van der Waals surface area contributed by atoms with Crippen molar-refractivity contribution < 1.29 is 9.53 Å². The van der Waals surface area contributed by atoms with Crippen LogP contribution in [0.25, 0.3) is 0 Å². The number of fused-ring (bicyclic) bond motifs is 1. The highest BCUT2D eigenvalue weighted by atomic mass is 32.1. The van der Waals surface area contributed by atoms with Gasteiger partial charge in [-0.25, -0.2) is 0 Å². The maximum Gasteiger partial charge on any atom is 0.196 e. The van der Waals surface area contributed by atoms with Crippen LogP contribution >= 0.6 is 11.3 Å². The number of hydrogen-bond acceptors (Lipinski definition) is 4. The van der Waals surface area contributed by atoms with Crippen molar-refractivity contribution in [2.75, 3.05) is 5.73 Å². The predicted octanol–water partition coefficient (Wildman–Crippen LogP) is 4.47. The average molecular weight is 329 g/mol. The molecule has 2 N–H and O–H groups in total. The van der Waals surface area contributed by atoms with Gasteiger partial charge in [-0.3, -0.25) is 4.79 Å². The van der Waals surface area contributed by atoms with Crippen LogP contribution in [0.4, 0.5) is 5.00 Å². The molecular weight excluding hydrogens is 306 g/mol. The maximum atomic E-state index is 12.9. The Labute approximate surface area is 141 Å². The molecule has 1 heterocycles. The number of hydrogen-bond donors (Lipinski definition) is 1. The summed E-state index contributed by atoms with van der Waals surface area (Å²) in [7, 11) is 0. The molecule has 23 heavy (non-hydrogen) atoms. The van der Waals surface area contributed by atoms with E-state index in [0.717, 1.165) is 30.6 Å². The minimum absolute atomic E-state index is 0.0330. The summed E-state index contributed by atoms with van der Waals surface area (Å²) in [5.74, 6) is 1.49. The largest absolute Gasteiger partial charge is 0.491 e. The van der Waals surface area contributed by atoms with E-state index in [0.29, 0.717) is 16.5 Å². The number of benzene rings is 1. The van der Waals surface area contributed by atoms with Crippen molar-refractivity contribution in [1.82, 2.24) is 0 Å². The molecule has 0 spiro atoms. The summed E-state index contributed by atoms with van der Waals surface area (Å²) in [5.41, 5.74) is 8.76. The van der Waals surface area contributed by atoms with Gasteiger partial charge in [0.1, 0.15) is 5.75 Å². The molecule has 1 aromatic heterocycles. The molecule has 1 atom stereocenters. The van der Waals surface area contributed by atoms with E-state index in [1.807, 2.05) is 38.1 Å². The Bertz CT molecular complexity index is 716. The van der Waals surface area contributed by atoms with Gasteiger partial charge in [0.2, 0.25) is 0 Å². The highest BCUT2D eigenvalue weighted by Crippen LogP contribution is 2.39. The quantitative estimate of drug-likeness (QED) is 0.842. The molecule has 3 rings (SSSR count). The Hall–Kier alpha value is -1.81. The number of nitrogens with two attached hydrogens (primary N) is 1.